The van der Waals surface area contributed by atoms with E-state index in [0.29, 0.717) is 6.04 Å². The molecule has 0 radical (unpaired) electrons. The molecule has 2 aromatic carbocycles. The normalized spacial score (nSPS) is 12.1. The number of halogens is 1. The van der Waals surface area contributed by atoms with Gasteiger partial charge in [0.25, 0.3) is 0 Å². The summed E-state index contributed by atoms with van der Waals surface area (Å²) in [5.74, 6) is -0.422. The minimum atomic E-state index is -0.422. The quantitative estimate of drug-likeness (QED) is 0.0996. The molecule has 6 heteroatoms. The molecule has 0 aliphatic rings. The molecule has 0 saturated heterocycles. The summed E-state index contributed by atoms with van der Waals surface area (Å²) in [6.45, 7) is 8.41. The highest BCUT2D eigenvalue weighted by atomic mass is 19.1. The lowest BCUT2D eigenvalue weighted by molar-refractivity contribution is 0.213. The average molecular weight is 532 g/mol. The van der Waals surface area contributed by atoms with E-state index >= 15 is 0 Å². The van der Waals surface area contributed by atoms with Gasteiger partial charge < -0.3 is 15.6 Å². The number of para-hydroxylation sites is 2. The number of hydrogen-bond acceptors (Lipinski definition) is 4. The molecule has 1 atom stereocenters. The van der Waals surface area contributed by atoms with E-state index in [-0.39, 0.29) is 0 Å². The predicted octanol–water partition coefficient (Wildman–Crippen LogP) is 7.65. The van der Waals surface area contributed by atoms with E-state index in [1.165, 1.54) is 61.2 Å². The maximum Gasteiger partial charge on any atom is 0.212 e. The molecule has 0 amide bonds. The minimum Gasteiger partial charge on any atom is -0.399 e. The van der Waals surface area contributed by atoms with Crippen molar-refractivity contribution >= 4 is 16.6 Å². The van der Waals surface area contributed by atoms with Crippen LogP contribution in [0.3, 0.4) is 0 Å². The van der Waals surface area contributed by atoms with Gasteiger partial charge in [0, 0.05) is 48.1 Å². The van der Waals surface area contributed by atoms with Crippen LogP contribution in [0.15, 0.2) is 79.1 Å². The number of aromatic amines is 1. The summed E-state index contributed by atoms with van der Waals surface area (Å²) in [6.07, 6.45) is 11.2. The molecular formula is C33H46FN5. The Kier molecular flexibility index (Phi) is 13.0. The molecule has 4 aromatic rings. The van der Waals surface area contributed by atoms with Crippen molar-refractivity contribution in [3.05, 3.63) is 96.2 Å². The van der Waals surface area contributed by atoms with Crippen LogP contribution in [-0.4, -0.2) is 45.9 Å². The predicted molar refractivity (Wildman–Crippen MR) is 163 cm³/mol. The number of fused-ring (bicyclic) bond motifs is 1. The van der Waals surface area contributed by atoms with Gasteiger partial charge in [-0.1, -0.05) is 69.2 Å². The number of hydrogen-bond donors (Lipinski definition) is 2. The summed E-state index contributed by atoms with van der Waals surface area (Å²) in [5, 5.41) is 1.28. The Morgan fingerprint density at radius 1 is 0.897 bits per heavy atom. The molecule has 0 saturated carbocycles. The third kappa shape index (κ3) is 10.5. The molecule has 0 fully saturated rings. The molecular weight excluding hydrogens is 485 g/mol. The summed E-state index contributed by atoms with van der Waals surface area (Å²) >= 11 is 0. The van der Waals surface area contributed by atoms with Gasteiger partial charge in [-0.2, -0.15) is 4.39 Å². The first-order chi connectivity index (χ1) is 19.0. The van der Waals surface area contributed by atoms with Gasteiger partial charge in [0.2, 0.25) is 5.95 Å². The number of pyridine rings is 1. The van der Waals surface area contributed by atoms with Crippen molar-refractivity contribution in [2.24, 2.45) is 0 Å². The fourth-order valence-corrected chi connectivity index (χ4v) is 5.05. The van der Waals surface area contributed by atoms with Crippen molar-refractivity contribution in [1.29, 1.82) is 0 Å². The fraction of sp³-hybridized carbons (Fsp3) is 0.424. The highest BCUT2D eigenvalue weighted by molar-refractivity contribution is 5.82. The summed E-state index contributed by atoms with van der Waals surface area (Å²) in [5.41, 5.74) is 9.71. The number of aromatic nitrogens is 2. The lowest BCUT2D eigenvalue weighted by Gasteiger charge is -2.27. The van der Waals surface area contributed by atoms with Crippen molar-refractivity contribution in [3.63, 3.8) is 0 Å². The average Bonchev–Trinajstić information content (AvgIpc) is 3.36. The van der Waals surface area contributed by atoms with Gasteiger partial charge in [0.05, 0.1) is 0 Å². The smallest absolute Gasteiger partial charge is 0.212 e. The second kappa shape index (κ2) is 16.7. The molecule has 39 heavy (non-hydrogen) atoms. The maximum absolute atomic E-state index is 13.3. The number of unbranched alkanes of at least 4 members (excludes halogenated alkanes) is 2. The fourth-order valence-electron chi connectivity index (χ4n) is 5.05. The van der Waals surface area contributed by atoms with Crippen molar-refractivity contribution in [2.75, 3.05) is 25.9 Å². The zero-order chi connectivity index (χ0) is 27.9. The Morgan fingerprint density at radius 2 is 1.64 bits per heavy atom. The van der Waals surface area contributed by atoms with Crippen molar-refractivity contribution in [3.8, 4) is 0 Å². The van der Waals surface area contributed by atoms with Crippen LogP contribution in [0.2, 0.25) is 0 Å². The zero-order valence-electron chi connectivity index (χ0n) is 24.0. The number of nitrogen functional groups attached to an aromatic ring is 1. The number of H-pyrrole nitrogens is 1. The second-order valence-corrected chi connectivity index (χ2v) is 10.4. The van der Waals surface area contributed by atoms with Crippen molar-refractivity contribution < 1.29 is 4.39 Å². The van der Waals surface area contributed by atoms with E-state index in [4.69, 9.17) is 5.73 Å². The third-order valence-corrected chi connectivity index (χ3v) is 7.26. The highest BCUT2D eigenvalue weighted by Gasteiger charge is 2.13. The molecule has 5 nitrogen and oxygen atoms in total. The van der Waals surface area contributed by atoms with Crippen LogP contribution in [-0.2, 0) is 13.1 Å². The molecule has 2 aromatic heterocycles. The summed E-state index contributed by atoms with van der Waals surface area (Å²) in [6, 6.07) is 21.9. The highest BCUT2D eigenvalue weighted by Crippen LogP contribution is 2.21. The van der Waals surface area contributed by atoms with Crippen LogP contribution in [0, 0.1) is 5.95 Å². The lowest BCUT2D eigenvalue weighted by atomic mass is 10.1. The summed E-state index contributed by atoms with van der Waals surface area (Å²) in [4.78, 5) is 12.2. The third-order valence-electron chi connectivity index (χ3n) is 7.26. The van der Waals surface area contributed by atoms with E-state index < -0.39 is 5.95 Å². The van der Waals surface area contributed by atoms with Crippen molar-refractivity contribution in [2.45, 2.75) is 71.5 Å². The lowest BCUT2D eigenvalue weighted by Crippen LogP contribution is -2.32. The van der Waals surface area contributed by atoms with Gasteiger partial charge in [-0.15, -0.1) is 0 Å². The first-order valence-corrected chi connectivity index (χ1v) is 14.4. The number of anilines is 1. The van der Waals surface area contributed by atoms with Crippen LogP contribution in [0.5, 0.6) is 0 Å². The standard InChI is InChI=1S/C27H39FN4.C6H7N/c1-4-11-24(5-2)31(3)16-9-6-10-17-32(20-22-14-15-27(28)30-18-22)21-23-19-29-26-13-8-7-12-25(23)26;7-6-4-2-1-3-5-6/h7-8,12-15,18-19,24,29H,4-6,9-11,16-17,20-21H2,1-3H3;1-5H,7H2. The molecule has 1 unspecified atom stereocenters. The van der Waals surface area contributed by atoms with E-state index in [1.807, 2.05) is 36.4 Å². The van der Waals surface area contributed by atoms with Crippen LogP contribution < -0.4 is 5.73 Å². The molecule has 0 spiro atoms. The van der Waals surface area contributed by atoms with E-state index in [9.17, 15) is 4.39 Å². The van der Waals surface area contributed by atoms with Crippen LogP contribution in [0.1, 0.15) is 63.5 Å². The van der Waals surface area contributed by atoms with Gasteiger partial charge in [0.1, 0.15) is 0 Å². The van der Waals surface area contributed by atoms with Crippen molar-refractivity contribution in [1.82, 2.24) is 19.8 Å². The largest absolute Gasteiger partial charge is 0.399 e. The Balaban J connectivity index is 0.000000520. The van der Waals surface area contributed by atoms with Gasteiger partial charge in [0.15, 0.2) is 0 Å². The Labute approximate surface area is 234 Å². The SMILES string of the molecule is CCCC(CC)N(C)CCCCCN(Cc1ccc(F)nc1)Cc1c[nH]c2ccccc12.Nc1ccccc1. The van der Waals surface area contributed by atoms with Gasteiger partial charge in [-0.3, -0.25) is 4.90 Å². The molecule has 2 heterocycles. The number of nitrogens with one attached hydrogen (secondary N) is 1. The first-order valence-electron chi connectivity index (χ1n) is 14.4. The van der Waals surface area contributed by atoms with E-state index in [0.717, 1.165) is 37.3 Å². The molecule has 210 valence electrons. The molecule has 3 N–H and O–H groups in total. The number of rotatable bonds is 14. The van der Waals surface area contributed by atoms with E-state index in [1.54, 1.807) is 6.20 Å². The topological polar surface area (TPSA) is 61.2 Å². The Bertz CT molecular complexity index is 1190. The Hall–Kier alpha value is -3.22. The van der Waals surface area contributed by atoms with Gasteiger partial charge >= 0.3 is 0 Å². The Morgan fingerprint density at radius 3 is 2.31 bits per heavy atom. The maximum atomic E-state index is 13.3. The van der Waals surface area contributed by atoms with Crippen LogP contribution in [0.4, 0.5) is 10.1 Å². The second-order valence-electron chi connectivity index (χ2n) is 10.4. The molecule has 0 aliphatic carbocycles. The first kappa shape index (κ1) is 30.3. The van der Waals surface area contributed by atoms with E-state index in [2.05, 4.69) is 71.1 Å². The summed E-state index contributed by atoms with van der Waals surface area (Å²) in [7, 11) is 2.27. The zero-order valence-corrected chi connectivity index (χ0v) is 24.0. The van der Waals surface area contributed by atoms with Gasteiger partial charge in [-0.05, 0) is 81.2 Å². The number of benzene rings is 2. The van der Waals surface area contributed by atoms with Crippen LogP contribution >= 0.6 is 0 Å². The molecule has 0 bridgehead atoms. The summed E-state index contributed by atoms with van der Waals surface area (Å²) < 4.78 is 13.3. The minimum absolute atomic E-state index is 0.422. The van der Waals surface area contributed by atoms with Gasteiger partial charge in [-0.25, -0.2) is 4.98 Å². The monoisotopic (exact) mass is 531 g/mol. The molecule has 4 rings (SSSR count). The van der Waals surface area contributed by atoms with Crippen LogP contribution in [0.25, 0.3) is 10.9 Å². The molecule has 0 aliphatic heterocycles. The number of nitrogens with two attached hydrogens (primary N) is 1. The number of nitrogens with zero attached hydrogens (tertiary/aromatic N) is 3.